The molecule has 0 aliphatic carbocycles. The lowest BCUT2D eigenvalue weighted by molar-refractivity contribution is 0.379. The second-order valence-electron chi connectivity index (χ2n) is 5.70. The van der Waals surface area contributed by atoms with E-state index >= 15 is 0 Å². The molecule has 5 nitrogen and oxygen atoms in total. The van der Waals surface area contributed by atoms with E-state index in [4.69, 9.17) is 4.74 Å². The molecule has 1 aromatic carbocycles. The molecule has 0 aromatic heterocycles. The Hall–Kier alpha value is -1.47. The predicted molar refractivity (Wildman–Crippen MR) is 94.9 cm³/mol. The number of ether oxygens (including phenoxy) is 1. The third-order valence-electron chi connectivity index (χ3n) is 4.07. The number of aliphatic imine (C=N–C) groups is 1. The van der Waals surface area contributed by atoms with Gasteiger partial charge >= 0.3 is 0 Å². The zero-order valence-corrected chi connectivity index (χ0v) is 14.6. The van der Waals surface area contributed by atoms with E-state index in [-0.39, 0.29) is 23.6 Å². The van der Waals surface area contributed by atoms with Crippen LogP contribution in [0.4, 0.5) is 0 Å². The van der Waals surface area contributed by atoms with Gasteiger partial charge in [-0.1, -0.05) is 30.0 Å². The smallest absolute Gasteiger partial charge is 0.160 e. The van der Waals surface area contributed by atoms with Crippen molar-refractivity contribution >= 4 is 26.8 Å². The third-order valence-corrected chi connectivity index (χ3v) is 6.84. The van der Waals surface area contributed by atoms with Crippen molar-refractivity contribution in [3.8, 4) is 5.75 Å². The Balaban J connectivity index is 1.69. The summed E-state index contributed by atoms with van der Waals surface area (Å²) in [6, 6.07) is 7.79. The van der Waals surface area contributed by atoms with Gasteiger partial charge in [0.05, 0.1) is 30.7 Å². The first-order chi connectivity index (χ1) is 11.0. The van der Waals surface area contributed by atoms with Gasteiger partial charge in [-0.2, -0.15) is 0 Å². The zero-order valence-electron chi connectivity index (χ0n) is 13.0. The van der Waals surface area contributed by atoms with Gasteiger partial charge in [-0.25, -0.2) is 8.42 Å². The molecular formula is C16H20N2O3S2. The highest BCUT2D eigenvalue weighted by atomic mass is 32.2. The monoisotopic (exact) mass is 352 g/mol. The molecule has 124 valence electrons. The fraction of sp³-hybridized carbons (Fsp3) is 0.438. The van der Waals surface area contributed by atoms with Gasteiger partial charge in [-0.3, -0.25) is 4.99 Å². The Morgan fingerprint density at radius 2 is 2.13 bits per heavy atom. The zero-order chi connectivity index (χ0) is 16.4. The molecule has 0 amide bonds. The molecule has 1 fully saturated rings. The van der Waals surface area contributed by atoms with Crippen molar-refractivity contribution in [2.24, 2.45) is 4.99 Å². The molecule has 2 aliphatic heterocycles. The number of hydrogen-bond donors (Lipinski definition) is 0. The maximum absolute atomic E-state index is 11.8. The Morgan fingerprint density at radius 1 is 1.39 bits per heavy atom. The summed E-state index contributed by atoms with van der Waals surface area (Å²) in [6.07, 6.45) is 1.80. The Bertz CT molecular complexity index is 713. The number of fused-ring (bicyclic) bond motifs is 1. The maximum atomic E-state index is 11.8. The molecule has 2 heterocycles. The average Bonchev–Trinajstić information content (AvgIpc) is 2.99. The van der Waals surface area contributed by atoms with Crippen LogP contribution < -0.4 is 4.74 Å². The van der Waals surface area contributed by atoms with Gasteiger partial charge < -0.3 is 9.64 Å². The number of thioether (sulfide) groups is 1. The molecule has 0 spiro atoms. The normalized spacial score (nSPS) is 25.1. The quantitative estimate of drug-likeness (QED) is 0.758. The summed E-state index contributed by atoms with van der Waals surface area (Å²) >= 11 is 1.65. The van der Waals surface area contributed by atoms with Crippen molar-refractivity contribution in [3.05, 3.63) is 42.5 Å². The van der Waals surface area contributed by atoms with Gasteiger partial charge in [0.1, 0.15) is 5.75 Å². The van der Waals surface area contributed by atoms with Gasteiger partial charge in [0.2, 0.25) is 0 Å². The number of methoxy groups -OCH3 is 1. The van der Waals surface area contributed by atoms with Crippen LogP contribution >= 0.6 is 11.8 Å². The molecule has 0 N–H and O–H groups in total. The summed E-state index contributed by atoms with van der Waals surface area (Å²) in [5, 5.41) is 0.922. The van der Waals surface area contributed by atoms with Crippen LogP contribution in [0.3, 0.4) is 0 Å². The van der Waals surface area contributed by atoms with Gasteiger partial charge in [-0.05, 0) is 17.7 Å². The highest BCUT2D eigenvalue weighted by Crippen LogP contribution is 2.32. The van der Waals surface area contributed by atoms with Crippen molar-refractivity contribution < 1.29 is 13.2 Å². The van der Waals surface area contributed by atoms with Crippen LogP contribution in [0.5, 0.6) is 5.75 Å². The number of amidine groups is 1. The van der Waals surface area contributed by atoms with Crippen LogP contribution in [0, 0.1) is 0 Å². The number of benzene rings is 1. The molecule has 0 saturated carbocycles. The first-order valence-electron chi connectivity index (χ1n) is 7.44. The summed E-state index contributed by atoms with van der Waals surface area (Å²) in [6.45, 7) is 4.41. The van der Waals surface area contributed by atoms with Crippen molar-refractivity contribution in [2.45, 2.75) is 17.8 Å². The van der Waals surface area contributed by atoms with E-state index in [2.05, 4.69) is 16.5 Å². The van der Waals surface area contributed by atoms with Crippen molar-refractivity contribution in [1.82, 2.24) is 4.90 Å². The van der Waals surface area contributed by atoms with Crippen LogP contribution in [0.15, 0.2) is 41.9 Å². The number of rotatable bonds is 5. The summed E-state index contributed by atoms with van der Waals surface area (Å²) in [7, 11) is -1.31. The lowest BCUT2D eigenvalue weighted by Crippen LogP contribution is -2.39. The van der Waals surface area contributed by atoms with Crippen molar-refractivity contribution in [3.63, 3.8) is 0 Å². The second kappa shape index (κ2) is 6.57. The molecule has 23 heavy (non-hydrogen) atoms. The van der Waals surface area contributed by atoms with Gasteiger partial charge in [0.25, 0.3) is 0 Å². The number of nitrogens with zero attached hydrogens (tertiary/aromatic N) is 2. The minimum absolute atomic E-state index is 0.0311. The van der Waals surface area contributed by atoms with Crippen LogP contribution in [0.1, 0.15) is 5.56 Å². The average molecular weight is 352 g/mol. The van der Waals surface area contributed by atoms with E-state index in [1.807, 2.05) is 24.3 Å². The second-order valence-corrected chi connectivity index (χ2v) is 8.80. The minimum atomic E-state index is -2.96. The van der Waals surface area contributed by atoms with Crippen LogP contribution in [-0.2, 0) is 15.6 Å². The van der Waals surface area contributed by atoms with E-state index in [1.165, 1.54) is 5.56 Å². The van der Waals surface area contributed by atoms with Crippen LogP contribution in [0.25, 0.3) is 0 Å². The molecule has 0 unspecified atom stereocenters. The Morgan fingerprint density at radius 3 is 2.78 bits per heavy atom. The van der Waals surface area contributed by atoms with E-state index in [1.54, 1.807) is 24.9 Å². The summed E-state index contributed by atoms with van der Waals surface area (Å²) < 4.78 is 28.8. The lowest BCUT2D eigenvalue weighted by atomic mass is 10.2. The largest absolute Gasteiger partial charge is 0.497 e. The molecule has 1 saturated heterocycles. The van der Waals surface area contributed by atoms with Crippen LogP contribution in [-0.4, -0.2) is 55.7 Å². The highest BCUT2D eigenvalue weighted by molar-refractivity contribution is 8.13. The molecule has 1 aromatic rings. The van der Waals surface area contributed by atoms with E-state index in [9.17, 15) is 8.42 Å². The molecule has 0 radical (unpaired) electrons. The number of sulfone groups is 1. The molecule has 0 bridgehead atoms. The fourth-order valence-corrected chi connectivity index (χ4v) is 5.88. The lowest BCUT2D eigenvalue weighted by Gasteiger charge is -2.24. The Kier molecular flexibility index (Phi) is 4.68. The van der Waals surface area contributed by atoms with E-state index < -0.39 is 9.84 Å². The molecule has 7 heteroatoms. The predicted octanol–water partition coefficient (Wildman–Crippen LogP) is 1.95. The van der Waals surface area contributed by atoms with Gasteiger partial charge in [0.15, 0.2) is 15.0 Å². The minimum Gasteiger partial charge on any atom is -0.497 e. The highest BCUT2D eigenvalue weighted by Gasteiger charge is 2.45. The maximum Gasteiger partial charge on any atom is 0.160 e. The first-order valence-corrected chi connectivity index (χ1v) is 10.2. The topological polar surface area (TPSA) is 59.0 Å². The van der Waals surface area contributed by atoms with Gasteiger partial charge in [-0.15, -0.1) is 6.58 Å². The van der Waals surface area contributed by atoms with Crippen molar-refractivity contribution in [2.75, 3.05) is 25.2 Å². The molecule has 3 rings (SSSR count). The van der Waals surface area contributed by atoms with E-state index in [0.717, 1.165) is 16.7 Å². The molecule has 2 aliphatic rings. The van der Waals surface area contributed by atoms with E-state index in [0.29, 0.717) is 6.54 Å². The fourth-order valence-electron chi connectivity index (χ4n) is 2.93. The summed E-state index contributed by atoms with van der Waals surface area (Å²) in [5.74, 6) is 1.99. The van der Waals surface area contributed by atoms with Crippen LogP contribution in [0.2, 0.25) is 0 Å². The van der Waals surface area contributed by atoms with Crippen molar-refractivity contribution in [1.29, 1.82) is 0 Å². The van der Waals surface area contributed by atoms with Gasteiger partial charge in [0, 0.05) is 12.3 Å². The third kappa shape index (κ3) is 3.55. The Labute approximate surface area is 141 Å². The summed E-state index contributed by atoms with van der Waals surface area (Å²) in [5.41, 5.74) is 1.18. The first kappa shape index (κ1) is 16.4. The standard InChI is InChI=1S/C16H20N2O3S2/c1-3-8-18-15-11-23(19,20)10-14(15)17-16(18)22-9-12-4-6-13(21-2)7-5-12/h3-7,14-15H,1,8-11H2,2H3/t14-,15+/m0/s1. The number of hydrogen-bond acceptors (Lipinski definition) is 6. The SMILES string of the molecule is C=CCN1C(SCc2ccc(OC)cc2)=N[C@H]2CS(=O)(=O)C[C@H]21. The molecule has 2 atom stereocenters. The summed E-state index contributed by atoms with van der Waals surface area (Å²) in [4.78, 5) is 6.73. The molecular weight excluding hydrogens is 332 g/mol.